The number of hydrogen-bond donors (Lipinski definition) is 2. The molecule has 3 rings (SSSR count). The van der Waals surface area contributed by atoms with Gasteiger partial charge in [0.05, 0.1) is 31.2 Å². The predicted octanol–water partition coefficient (Wildman–Crippen LogP) is 3.08. The van der Waals surface area contributed by atoms with Crippen LogP contribution in [0.3, 0.4) is 0 Å². The molecule has 1 amide bonds. The molecule has 1 saturated heterocycles. The normalized spacial score (nSPS) is 18.4. The van der Waals surface area contributed by atoms with Crippen LogP contribution in [0.5, 0.6) is 0 Å². The van der Waals surface area contributed by atoms with Crippen molar-refractivity contribution in [2.24, 2.45) is 0 Å². The van der Waals surface area contributed by atoms with Gasteiger partial charge >= 0.3 is 0 Å². The Balaban J connectivity index is 2.00. The second kappa shape index (κ2) is 9.92. The van der Waals surface area contributed by atoms with Gasteiger partial charge in [0.2, 0.25) is 0 Å². The van der Waals surface area contributed by atoms with Gasteiger partial charge in [0, 0.05) is 23.6 Å². The Kier molecular flexibility index (Phi) is 7.29. The highest BCUT2D eigenvalue weighted by Gasteiger charge is 2.45. The molecule has 30 heavy (non-hydrogen) atoms. The van der Waals surface area contributed by atoms with E-state index in [-0.39, 0.29) is 11.3 Å². The molecule has 0 aromatic heterocycles. The van der Waals surface area contributed by atoms with E-state index < -0.39 is 17.7 Å². The van der Waals surface area contributed by atoms with E-state index in [4.69, 9.17) is 11.6 Å². The number of quaternary nitrogens is 1. The van der Waals surface area contributed by atoms with Crippen molar-refractivity contribution < 1.29 is 19.6 Å². The highest BCUT2D eigenvalue weighted by atomic mass is 35.5. The molecular formula is C24H28ClN2O3+. The Bertz CT molecular complexity index is 921. The number of ketones is 1. The van der Waals surface area contributed by atoms with Crippen molar-refractivity contribution in [1.29, 1.82) is 0 Å². The zero-order chi connectivity index (χ0) is 21.7. The predicted molar refractivity (Wildman–Crippen MR) is 118 cm³/mol. The van der Waals surface area contributed by atoms with E-state index in [1.807, 2.05) is 6.07 Å². The first kappa shape index (κ1) is 22.1. The van der Waals surface area contributed by atoms with E-state index in [9.17, 15) is 14.7 Å². The number of nitrogens with one attached hydrogen (secondary N) is 1. The van der Waals surface area contributed by atoms with Gasteiger partial charge in [-0.15, -0.1) is 0 Å². The highest BCUT2D eigenvalue weighted by molar-refractivity contribution is 6.46. The lowest BCUT2D eigenvalue weighted by Gasteiger charge is -2.26. The van der Waals surface area contributed by atoms with Crippen LogP contribution >= 0.6 is 11.6 Å². The van der Waals surface area contributed by atoms with Crippen molar-refractivity contribution in [3.8, 4) is 0 Å². The summed E-state index contributed by atoms with van der Waals surface area (Å²) < 4.78 is 0. The molecule has 0 saturated carbocycles. The lowest BCUT2D eigenvalue weighted by Crippen LogP contribution is -3.11. The van der Waals surface area contributed by atoms with Gasteiger partial charge in [-0.05, 0) is 31.5 Å². The van der Waals surface area contributed by atoms with Crippen LogP contribution in [-0.4, -0.2) is 47.9 Å². The first-order valence-corrected chi connectivity index (χ1v) is 10.8. The number of rotatable bonds is 8. The Morgan fingerprint density at radius 1 is 1.03 bits per heavy atom. The summed E-state index contributed by atoms with van der Waals surface area (Å²) in [6, 6.07) is 15.3. The third kappa shape index (κ3) is 4.58. The molecule has 0 aliphatic carbocycles. The second-order valence-electron chi connectivity index (χ2n) is 7.47. The summed E-state index contributed by atoms with van der Waals surface area (Å²) in [5, 5.41) is 11.5. The van der Waals surface area contributed by atoms with Crippen molar-refractivity contribution in [1.82, 2.24) is 4.90 Å². The fourth-order valence-corrected chi connectivity index (χ4v) is 4.08. The molecule has 6 heteroatoms. The SMILES string of the molecule is CC[NH+](CC)CCCN1C(=O)C(=O)C(=C(O)c2ccccc2)[C@H]1c1ccc(Cl)cc1. The summed E-state index contributed by atoms with van der Waals surface area (Å²) in [5.74, 6) is -1.36. The number of benzene rings is 2. The molecule has 1 fully saturated rings. The van der Waals surface area contributed by atoms with Crippen molar-refractivity contribution in [2.45, 2.75) is 26.3 Å². The van der Waals surface area contributed by atoms with Crippen molar-refractivity contribution in [3.05, 3.63) is 76.3 Å². The number of likely N-dealkylation sites (tertiary alicyclic amines) is 1. The van der Waals surface area contributed by atoms with Crippen LogP contribution in [0.25, 0.3) is 5.76 Å². The minimum atomic E-state index is -0.647. The fourth-order valence-electron chi connectivity index (χ4n) is 3.96. The summed E-state index contributed by atoms with van der Waals surface area (Å²) in [6.45, 7) is 7.68. The van der Waals surface area contributed by atoms with Crippen LogP contribution in [0.1, 0.15) is 37.4 Å². The monoisotopic (exact) mass is 427 g/mol. The van der Waals surface area contributed by atoms with E-state index in [1.54, 1.807) is 53.4 Å². The molecule has 0 bridgehead atoms. The Hall–Kier alpha value is -2.63. The summed E-state index contributed by atoms with van der Waals surface area (Å²) in [5.41, 5.74) is 1.40. The van der Waals surface area contributed by atoms with E-state index in [0.717, 1.165) is 31.6 Å². The standard InChI is InChI=1S/C24H27ClN2O3/c1-3-26(4-2)15-8-16-27-21(17-11-13-19(25)14-12-17)20(23(29)24(27)30)22(28)18-9-6-5-7-10-18/h5-7,9-14,21,28H,3-4,8,15-16H2,1-2H3/p+1/t21-/m1/s1. The average Bonchev–Trinajstić information content (AvgIpc) is 3.02. The van der Waals surface area contributed by atoms with E-state index in [1.165, 1.54) is 4.90 Å². The maximum atomic E-state index is 13.0. The molecule has 2 aromatic rings. The van der Waals surface area contributed by atoms with Gasteiger partial charge in [0.25, 0.3) is 11.7 Å². The summed E-state index contributed by atoms with van der Waals surface area (Å²) in [4.78, 5) is 28.9. The highest BCUT2D eigenvalue weighted by Crippen LogP contribution is 2.39. The van der Waals surface area contributed by atoms with Gasteiger partial charge in [-0.2, -0.15) is 0 Å². The first-order valence-electron chi connectivity index (χ1n) is 10.4. The number of carbonyl (C=O) groups is 2. The number of hydrogen-bond acceptors (Lipinski definition) is 3. The molecule has 2 N–H and O–H groups in total. The number of aliphatic hydroxyl groups excluding tert-OH is 1. The molecule has 1 aliphatic heterocycles. The number of carbonyl (C=O) groups excluding carboxylic acids is 2. The average molecular weight is 428 g/mol. The summed E-state index contributed by atoms with van der Waals surface area (Å²) in [6.07, 6.45) is 0.777. The summed E-state index contributed by atoms with van der Waals surface area (Å²) in [7, 11) is 0. The minimum absolute atomic E-state index is 0.128. The lowest BCUT2D eigenvalue weighted by atomic mass is 9.95. The molecule has 1 atom stereocenters. The molecule has 1 aliphatic rings. The van der Waals surface area contributed by atoms with Gasteiger partial charge in [-0.25, -0.2) is 0 Å². The number of amides is 1. The Labute approximate surface area is 182 Å². The quantitative estimate of drug-likeness (QED) is 0.386. The van der Waals surface area contributed by atoms with Crippen LogP contribution in [0, 0.1) is 0 Å². The van der Waals surface area contributed by atoms with Crippen LogP contribution in [-0.2, 0) is 9.59 Å². The van der Waals surface area contributed by atoms with Gasteiger partial charge < -0.3 is 14.9 Å². The molecule has 158 valence electrons. The van der Waals surface area contributed by atoms with Gasteiger partial charge in [-0.1, -0.05) is 54.1 Å². The summed E-state index contributed by atoms with van der Waals surface area (Å²) >= 11 is 6.05. The first-order chi connectivity index (χ1) is 14.5. The number of Topliss-reactive ketones (excluding diaryl/α,β-unsaturated/α-hetero) is 1. The Morgan fingerprint density at radius 3 is 2.27 bits per heavy atom. The minimum Gasteiger partial charge on any atom is -0.507 e. The fraction of sp³-hybridized carbons (Fsp3) is 0.333. The second-order valence-corrected chi connectivity index (χ2v) is 7.91. The topological polar surface area (TPSA) is 62.0 Å². The van der Waals surface area contributed by atoms with Crippen LogP contribution in [0.4, 0.5) is 0 Å². The smallest absolute Gasteiger partial charge is 0.295 e. The van der Waals surface area contributed by atoms with Crippen molar-refractivity contribution in [2.75, 3.05) is 26.2 Å². The number of halogens is 1. The molecular weight excluding hydrogens is 400 g/mol. The molecule has 2 aromatic carbocycles. The van der Waals surface area contributed by atoms with Gasteiger partial charge in [0.1, 0.15) is 5.76 Å². The van der Waals surface area contributed by atoms with Crippen LogP contribution in [0.15, 0.2) is 60.2 Å². The molecule has 0 radical (unpaired) electrons. The van der Waals surface area contributed by atoms with Crippen LogP contribution < -0.4 is 4.90 Å². The third-order valence-electron chi connectivity index (χ3n) is 5.70. The maximum absolute atomic E-state index is 13.0. The van der Waals surface area contributed by atoms with E-state index >= 15 is 0 Å². The molecule has 1 heterocycles. The lowest BCUT2D eigenvalue weighted by molar-refractivity contribution is -0.896. The van der Waals surface area contributed by atoms with Gasteiger partial charge in [-0.3, -0.25) is 9.59 Å². The number of nitrogens with zero attached hydrogens (tertiary/aromatic N) is 1. The van der Waals surface area contributed by atoms with Crippen LogP contribution in [0.2, 0.25) is 5.02 Å². The number of aliphatic hydroxyl groups is 1. The molecule has 0 unspecified atom stereocenters. The van der Waals surface area contributed by atoms with Gasteiger partial charge in [0.15, 0.2) is 0 Å². The van der Waals surface area contributed by atoms with E-state index in [2.05, 4.69) is 13.8 Å². The zero-order valence-electron chi connectivity index (χ0n) is 17.4. The van der Waals surface area contributed by atoms with E-state index in [0.29, 0.717) is 17.1 Å². The zero-order valence-corrected chi connectivity index (χ0v) is 18.2. The van der Waals surface area contributed by atoms with Crippen molar-refractivity contribution in [3.63, 3.8) is 0 Å². The molecule has 0 spiro atoms. The largest absolute Gasteiger partial charge is 0.507 e. The Morgan fingerprint density at radius 2 is 1.67 bits per heavy atom. The third-order valence-corrected chi connectivity index (χ3v) is 5.95. The molecule has 5 nitrogen and oxygen atoms in total. The van der Waals surface area contributed by atoms with Crippen molar-refractivity contribution >= 4 is 29.1 Å². The maximum Gasteiger partial charge on any atom is 0.295 e.